The van der Waals surface area contributed by atoms with Crippen molar-refractivity contribution in [2.45, 2.75) is 12.8 Å². The van der Waals surface area contributed by atoms with Gasteiger partial charge in [0, 0.05) is 6.54 Å². The molecule has 3 heteroatoms. The standard InChI is InChI=1S/C10H14N2O/c11-12(9-13)8-4-7-10-5-2-1-3-6-10/h1-3,5-6,9H,4,7-8,11H2. The first-order valence-corrected chi connectivity index (χ1v) is 4.33. The number of rotatable bonds is 5. The molecule has 0 aliphatic carbocycles. The molecule has 1 aromatic rings. The van der Waals surface area contributed by atoms with Gasteiger partial charge in [0.15, 0.2) is 0 Å². The van der Waals surface area contributed by atoms with Crippen LogP contribution in [0.15, 0.2) is 30.3 Å². The summed E-state index contributed by atoms with van der Waals surface area (Å²) in [6.45, 7) is 0.610. The molecule has 0 bridgehead atoms. The van der Waals surface area contributed by atoms with Crippen LogP contribution in [-0.4, -0.2) is 18.0 Å². The van der Waals surface area contributed by atoms with Gasteiger partial charge in [0.25, 0.3) is 0 Å². The molecule has 1 aromatic carbocycles. The van der Waals surface area contributed by atoms with Crippen LogP contribution in [0.5, 0.6) is 0 Å². The number of nitrogens with two attached hydrogens (primary N) is 1. The number of hydrazine groups is 1. The van der Waals surface area contributed by atoms with E-state index in [1.807, 2.05) is 18.2 Å². The summed E-state index contributed by atoms with van der Waals surface area (Å²) in [5.41, 5.74) is 1.28. The van der Waals surface area contributed by atoms with Crippen LogP contribution in [-0.2, 0) is 11.2 Å². The Hall–Kier alpha value is -1.35. The lowest BCUT2D eigenvalue weighted by Gasteiger charge is -2.08. The number of carbonyl (C=O) groups excluding carboxylic acids is 1. The average Bonchev–Trinajstić information content (AvgIpc) is 2.19. The van der Waals surface area contributed by atoms with E-state index in [9.17, 15) is 4.79 Å². The summed E-state index contributed by atoms with van der Waals surface area (Å²) in [4.78, 5) is 10.1. The molecule has 0 radical (unpaired) electrons. The number of benzene rings is 1. The Balaban J connectivity index is 2.24. The number of nitrogens with zero attached hydrogens (tertiary/aromatic N) is 1. The monoisotopic (exact) mass is 178 g/mol. The summed E-state index contributed by atoms with van der Waals surface area (Å²) < 4.78 is 0. The van der Waals surface area contributed by atoms with Crippen molar-refractivity contribution in [3.8, 4) is 0 Å². The second-order valence-electron chi connectivity index (χ2n) is 2.93. The Morgan fingerprint density at radius 1 is 1.31 bits per heavy atom. The summed E-state index contributed by atoms with van der Waals surface area (Å²) in [6.07, 6.45) is 2.51. The predicted octanol–water partition coefficient (Wildman–Crippen LogP) is 0.951. The molecule has 0 fully saturated rings. The highest BCUT2D eigenvalue weighted by Crippen LogP contribution is 2.01. The Labute approximate surface area is 78.1 Å². The number of amides is 1. The third-order valence-corrected chi connectivity index (χ3v) is 1.86. The van der Waals surface area contributed by atoms with E-state index in [1.54, 1.807) is 0 Å². The Morgan fingerprint density at radius 2 is 2.00 bits per heavy atom. The maximum Gasteiger partial charge on any atom is 0.223 e. The van der Waals surface area contributed by atoms with Crippen molar-refractivity contribution in [3.05, 3.63) is 35.9 Å². The minimum Gasteiger partial charge on any atom is -0.283 e. The van der Waals surface area contributed by atoms with Crippen LogP contribution in [0.25, 0.3) is 0 Å². The number of carbonyl (C=O) groups is 1. The summed E-state index contributed by atoms with van der Waals surface area (Å²) in [6, 6.07) is 10.2. The lowest BCUT2D eigenvalue weighted by molar-refractivity contribution is -0.118. The van der Waals surface area contributed by atoms with Crippen LogP contribution < -0.4 is 5.84 Å². The van der Waals surface area contributed by atoms with Crippen LogP contribution in [0.1, 0.15) is 12.0 Å². The van der Waals surface area contributed by atoms with Gasteiger partial charge >= 0.3 is 0 Å². The van der Waals surface area contributed by atoms with Gasteiger partial charge in [0.2, 0.25) is 6.41 Å². The maximum absolute atomic E-state index is 10.1. The molecule has 3 nitrogen and oxygen atoms in total. The molecule has 13 heavy (non-hydrogen) atoms. The highest BCUT2D eigenvalue weighted by Gasteiger charge is 1.95. The molecule has 70 valence electrons. The minimum atomic E-state index is 0.610. The van der Waals surface area contributed by atoms with E-state index in [1.165, 1.54) is 10.6 Å². The Kier molecular flexibility index (Phi) is 3.99. The van der Waals surface area contributed by atoms with Crippen LogP contribution in [0.2, 0.25) is 0 Å². The van der Waals surface area contributed by atoms with E-state index in [0.717, 1.165) is 12.8 Å². The molecule has 2 N–H and O–H groups in total. The molecule has 1 amide bonds. The average molecular weight is 178 g/mol. The van der Waals surface area contributed by atoms with Crippen molar-refractivity contribution in [3.63, 3.8) is 0 Å². The molecule has 0 atom stereocenters. The van der Waals surface area contributed by atoms with E-state index in [2.05, 4.69) is 12.1 Å². The molecule has 0 aliphatic heterocycles. The van der Waals surface area contributed by atoms with Crippen LogP contribution in [0.3, 0.4) is 0 Å². The predicted molar refractivity (Wildman–Crippen MR) is 51.7 cm³/mol. The van der Waals surface area contributed by atoms with Crippen LogP contribution >= 0.6 is 0 Å². The molecule has 0 unspecified atom stereocenters. The zero-order valence-electron chi connectivity index (χ0n) is 7.52. The van der Waals surface area contributed by atoms with Crippen molar-refractivity contribution < 1.29 is 4.79 Å². The number of hydrogen-bond acceptors (Lipinski definition) is 2. The van der Waals surface area contributed by atoms with Gasteiger partial charge in [-0.2, -0.15) is 0 Å². The second kappa shape index (κ2) is 5.32. The topological polar surface area (TPSA) is 46.3 Å². The van der Waals surface area contributed by atoms with E-state index >= 15 is 0 Å². The smallest absolute Gasteiger partial charge is 0.223 e. The first kappa shape index (κ1) is 9.74. The molecule has 0 saturated carbocycles. The lowest BCUT2D eigenvalue weighted by Crippen LogP contribution is -2.30. The third kappa shape index (κ3) is 3.71. The molecule has 0 saturated heterocycles. The SMILES string of the molecule is NN(C=O)CCCc1ccccc1. The van der Waals surface area contributed by atoms with Gasteiger partial charge in [-0.15, -0.1) is 0 Å². The first-order valence-electron chi connectivity index (χ1n) is 4.33. The fourth-order valence-corrected chi connectivity index (χ4v) is 1.16. The van der Waals surface area contributed by atoms with Gasteiger partial charge in [-0.3, -0.25) is 9.80 Å². The third-order valence-electron chi connectivity index (χ3n) is 1.86. The summed E-state index contributed by atoms with van der Waals surface area (Å²) in [7, 11) is 0. The molecule has 0 heterocycles. The Morgan fingerprint density at radius 3 is 2.62 bits per heavy atom. The van der Waals surface area contributed by atoms with Crippen LogP contribution in [0, 0.1) is 0 Å². The normalized spacial score (nSPS) is 9.62. The van der Waals surface area contributed by atoms with E-state index in [0.29, 0.717) is 13.0 Å². The van der Waals surface area contributed by atoms with Crippen molar-refractivity contribution in [2.75, 3.05) is 6.54 Å². The van der Waals surface area contributed by atoms with E-state index in [-0.39, 0.29) is 0 Å². The summed E-state index contributed by atoms with van der Waals surface area (Å²) >= 11 is 0. The molecule has 0 aromatic heterocycles. The fraction of sp³-hybridized carbons (Fsp3) is 0.300. The summed E-state index contributed by atoms with van der Waals surface area (Å²) in [5.74, 6) is 5.30. The maximum atomic E-state index is 10.1. The van der Waals surface area contributed by atoms with Gasteiger partial charge in [-0.05, 0) is 18.4 Å². The molecular formula is C10H14N2O. The van der Waals surface area contributed by atoms with E-state index < -0.39 is 0 Å². The molecule has 0 spiro atoms. The number of aryl methyl sites for hydroxylation is 1. The quantitative estimate of drug-likeness (QED) is 0.316. The fourth-order valence-electron chi connectivity index (χ4n) is 1.16. The zero-order chi connectivity index (χ0) is 9.52. The zero-order valence-corrected chi connectivity index (χ0v) is 7.52. The second-order valence-corrected chi connectivity index (χ2v) is 2.93. The van der Waals surface area contributed by atoms with Crippen molar-refractivity contribution in [1.29, 1.82) is 0 Å². The van der Waals surface area contributed by atoms with Crippen molar-refractivity contribution in [1.82, 2.24) is 5.01 Å². The van der Waals surface area contributed by atoms with Gasteiger partial charge in [0.1, 0.15) is 0 Å². The van der Waals surface area contributed by atoms with Crippen molar-refractivity contribution >= 4 is 6.41 Å². The highest BCUT2D eigenvalue weighted by molar-refractivity contribution is 5.45. The van der Waals surface area contributed by atoms with Gasteiger partial charge < -0.3 is 0 Å². The van der Waals surface area contributed by atoms with Gasteiger partial charge in [0.05, 0.1) is 0 Å². The first-order chi connectivity index (χ1) is 6.33. The highest BCUT2D eigenvalue weighted by atomic mass is 16.1. The van der Waals surface area contributed by atoms with Gasteiger partial charge in [-0.1, -0.05) is 30.3 Å². The van der Waals surface area contributed by atoms with E-state index in [4.69, 9.17) is 5.84 Å². The largest absolute Gasteiger partial charge is 0.283 e. The van der Waals surface area contributed by atoms with Crippen LogP contribution in [0.4, 0.5) is 0 Å². The number of hydrogen-bond donors (Lipinski definition) is 1. The molecule has 1 rings (SSSR count). The minimum absolute atomic E-state index is 0.610. The summed E-state index contributed by atoms with van der Waals surface area (Å²) in [5, 5.41) is 1.17. The lowest BCUT2D eigenvalue weighted by atomic mass is 10.1. The van der Waals surface area contributed by atoms with Gasteiger partial charge in [-0.25, -0.2) is 5.84 Å². The van der Waals surface area contributed by atoms with Crippen molar-refractivity contribution in [2.24, 2.45) is 5.84 Å². The molecule has 0 aliphatic rings. The molecular weight excluding hydrogens is 164 g/mol. The Bertz CT molecular complexity index is 248.